The van der Waals surface area contributed by atoms with E-state index in [4.69, 9.17) is 5.11 Å². The highest BCUT2D eigenvalue weighted by Gasteiger charge is 2.19. The number of nitrogens with one attached hydrogen (secondary N) is 1. The zero-order valence-corrected chi connectivity index (χ0v) is 9.79. The molecule has 2 rings (SSSR count). The lowest BCUT2D eigenvalue weighted by atomic mass is 9.90. The molecule has 1 saturated carbocycles. The number of anilines is 1. The van der Waals surface area contributed by atoms with Gasteiger partial charge in [0.25, 0.3) is 5.91 Å². The molecular formula is C10H15N3O2S. The molecule has 0 aromatic carbocycles. The Bertz CT molecular complexity index is 361. The number of aromatic nitrogens is 2. The van der Waals surface area contributed by atoms with Gasteiger partial charge in [0.2, 0.25) is 5.13 Å². The lowest BCUT2D eigenvalue weighted by Crippen LogP contribution is -2.15. The van der Waals surface area contributed by atoms with Crippen LogP contribution in [0.1, 0.15) is 43.0 Å². The van der Waals surface area contributed by atoms with Gasteiger partial charge in [0.05, 0.1) is 0 Å². The molecule has 0 spiro atoms. The van der Waals surface area contributed by atoms with Crippen LogP contribution in [0.25, 0.3) is 0 Å². The molecule has 0 atom stereocenters. The van der Waals surface area contributed by atoms with Crippen molar-refractivity contribution in [2.75, 3.05) is 11.9 Å². The predicted octanol–water partition coefficient (Wildman–Crippen LogP) is 1.52. The van der Waals surface area contributed by atoms with Crippen LogP contribution < -0.4 is 5.32 Å². The van der Waals surface area contributed by atoms with Gasteiger partial charge in [-0.1, -0.05) is 30.6 Å². The average Bonchev–Trinajstić information content (AvgIpc) is 2.78. The summed E-state index contributed by atoms with van der Waals surface area (Å²) in [6, 6.07) is 0. The van der Waals surface area contributed by atoms with Crippen molar-refractivity contribution in [2.45, 2.75) is 38.0 Å². The van der Waals surface area contributed by atoms with Crippen molar-refractivity contribution in [2.24, 2.45) is 0 Å². The molecule has 0 unspecified atom stereocenters. The Morgan fingerprint density at radius 2 is 2.12 bits per heavy atom. The summed E-state index contributed by atoms with van der Waals surface area (Å²) in [6.45, 7) is -0.516. The van der Waals surface area contributed by atoms with Gasteiger partial charge < -0.3 is 5.11 Å². The molecule has 1 aliphatic rings. The average molecular weight is 241 g/mol. The maximum Gasteiger partial charge on any atom is 0.251 e. The lowest BCUT2D eigenvalue weighted by molar-refractivity contribution is -0.118. The summed E-state index contributed by atoms with van der Waals surface area (Å²) in [5.74, 6) is 0.0670. The highest BCUT2D eigenvalue weighted by atomic mass is 32.1. The minimum atomic E-state index is -0.516. The van der Waals surface area contributed by atoms with Gasteiger partial charge in [0.15, 0.2) is 0 Å². The molecule has 1 fully saturated rings. The minimum absolute atomic E-state index is 0.439. The number of aliphatic hydroxyl groups excluding tert-OH is 1. The second-order valence-electron chi connectivity index (χ2n) is 3.99. The van der Waals surface area contributed by atoms with Crippen LogP contribution in [0.5, 0.6) is 0 Å². The van der Waals surface area contributed by atoms with E-state index in [1.165, 1.54) is 43.4 Å². The van der Waals surface area contributed by atoms with E-state index in [1.807, 2.05) is 0 Å². The Morgan fingerprint density at radius 3 is 2.81 bits per heavy atom. The smallest absolute Gasteiger partial charge is 0.251 e. The molecule has 0 saturated heterocycles. The molecule has 1 heterocycles. The Morgan fingerprint density at radius 1 is 1.38 bits per heavy atom. The van der Waals surface area contributed by atoms with Crippen molar-refractivity contribution >= 4 is 22.4 Å². The lowest BCUT2D eigenvalue weighted by Gasteiger charge is -2.18. The van der Waals surface area contributed by atoms with Crippen LogP contribution in [0.2, 0.25) is 0 Å². The minimum Gasteiger partial charge on any atom is -0.387 e. The normalized spacial score (nSPS) is 17.3. The molecule has 1 aromatic rings. The summed E-state index contributed by atoms with van der Waals surface area (Å²) < 4.78 is 0. The van der Waals surface area contributed by atoms with Crippen molar-refractivity contribution in [3.63, 3.8) is 0 Å². The van der Waals surface area contributed by atoms with Crippen molar-refractivity contribution in [1.82, 2.24) is 10.2 Å². The van der Waals surface area contributed by atoms with Gasteiger partial charge in [-0.2, -0.15) is 0 Å². The second-order valence-corrected chi connectivity index (χ2v) is 5.00. The van der Waals surface area contributed by atoms with Crippen LogP contribution in [0.15, 0.2) is 0 Å². The third-order valence-electron chi connectivity index (χ3n) is 2.78. The monoisotopic (exact) mass is 241 g/mol. The molecule has 6 heteroatoms. The van der Waals surface area contributed by atoms with Crippen molar-refractivity contribution < 1.29 is 9.90 Å². The number of amides is 1. The highest BCUT2D eigenvalue weighted by molar-refractivity contribution is 7.15. The molecule has 0 aliphatic heterocycles. The summed E-state index contributed by atoms with van der Waals surface area (Å²) in [4.78, 5) is 10.9. The Kier molecular flexibility index (Phi) is 3.84. The molecule has 1 amide bonds. The van der Waals surface area contributed by atoms with Crippen LogP contribution in [0.4, 0.5) is 5.13 Å². The molecule has 2 N–H and O–H groups in total. The molecule has 1 aliphatic carbocycles. The molecule has 1 aromatic heterocycles. The van der Waals surface area contributed by atoms with Crippen molar-refractivity contribution in [3.05, 3.63) is 5.01 Å². The van der Waals surface area contributed by atoms with Gasteiger partial charge in [-0.05, 0) is 12.8 Å². The van der Waals surface area contributed by atoms with E-state index in [-0.39, 0.29) is 0 Å². The fourth-order valence-electron chi connectivity index (χ4n) is 1.96. The van der Waals surface area contributed by atoms with E-state index in [0.717, 1.165) is 5.01 Å². The van der Waals surface area contributed by atoms with Gasteiger partial charge in [0.1, 0.15) is 11.6 Å². The van der Waals surface area contributed by atoms with E-state index in [2.05, 4.69) is 15.5 Å². The van der Waals surface area contributed by atoms with Gasteiger partial charge in [-0.3, -0.25) is 10.1 Å². The Hall–Kier alpha value is -1.01. The number of rotatable bonds is 3. The number of carbonyl (C=O) groups is 1. The largest absolute Gasteiger partial charge is 0.387 e. The number of aliphatic hydroxyl groups is 1. The fraction of sp³-hybridized carbons (Fsp3) is 0.700. The molecule has 0 radical (unpaired) electrons. The van der Waals surface area contributed by atoms with Crippen LogP contribution >= 0.6 is 11.3 Å². The third kappa shape index (κ3) is 2.76. The van der Waals surface area contributed by atoms with E-state index in [9.17, 15) is 4.79 Å². The van der Waals surface area contributed by atoms with E-state index in [1.54, 1.807) is 0 Å². The van der Waals surface area contributed by atoms with Gasteiger partial charge >= 0.3 is 0 Å². The van der Waals surface area contributed by atoms with Gasteiger partial charge in [-0.15, -0.1) is 10.2 Å². The summed E-state index contributed by atoms with van der Waals surface area (Å²) in [5, 5.41) is 20.6. The first-order valence-electron chi connectivity index (χ1n) is 5.53. The zero-order valence-electron chi connectivity index (χ0n) is 8.98. The molecular weight excluding hydrogens is 226 g/mol. The van der Waals surface area contributed by atoms with Crippen LogP contribution in [0.3, 0.4) is 0 Å². The van der Waals surface area contributed by atoms with Gasteiger partial charge in [-0.25, -0.2) is 0 Å². The summed E-state index contributed by atoms with van der Waals surface area (Å²) in [6.07, 6.45) is 6.15. The van der Waals surface area contributed by atoms with Crippen LogP contribution in [-0.2, 0) is 4.79 Å². The standard InChI is InChI=1S/C10H15N3O2S/c14-6-8(15)11-10-13-12-9(16-10)7-4-2-1-3-5-7/h7,14H,1-6H2,(H,11,13,15). The van der Waals surface area contributed by atoms with Gasteiger partial charge in [0, 0.05) is 5.92 Å². The van der Waals surface area contributed by atoms with Crippen LogP contribution in [-0.4, -0.2) is 27.8 Å². The van der Waals surface area contributed by atoms with E-state index in [0.29, 0.717) is 11.0 Å². The maximum absolute atomic E-state index is 10.9. The number of hydrogen-bond donors (Lipinski definition) is 2. The van der Waals surface area contributed by atoms with E-state index < -0.39 is 12.5 Å². The zero-order chi connectivity index (χ0) is 11.4. The molecule has 16 heavy (non-hydrogen) atoms. The molecule has 0 bridgehead atoms. The summed E-state index contributed by atoms with van der Waals surface area (Å²) >= 11 is 1.42. The second kappa shape index (κ2) is 5.36. The number of hydrogen-bond acceptors (Lipinski definition) is 5. The number of carbonyl (C=O) groups excluding carboxylic acids is 1. The third-order valence-corrected chi connectivity index (χ3v) is 3.79. The Balaban J connectivity index is 1.98. The van der Waals surface area contributed by atoms with E-state index >= 15 is 0 Å². The van der Waals surface area contributed by atoms with Crippen molar-refractivity contribution in [3.8, 4) is 0 Å². The van der Waals surface area contributed by atoms with Crippen LogP contribution in [0, 0.1) is 0 Å². The Labute approximate surface area is 97.9 Å². The molecule has 88 valence electrons. The maximum atomic E-state index is 10.9. The summed E-state index contributed by atoms with van der Waals surface area (Å²) in [7, 11) is 0. The highest BCUT2D eigenvalue weighted by Crippen LogP contribution is 2.34. The fourth-order valence-corrected chi connectivity index (χ4v) is 2.89. The first-order chi connectivity index (χ1) is 7.79. The molecule has 5 nitrogen and oxygen atoms in total. The first kappa shape index (κ1) is 11.5. The number of nitrogens with zero attached hydrogens (tertiary/aromatic N) is 2. The quantitative estimate of drug-likeness (QED) is 0.841. The first-order valence-corrected chi connectivity index (χ1v) is 6.35. The topological polar surface area (TPSA) is 75.1 Å². The SMILES string of the molecule is O=C(CO)Nc1nnc(C2CCCCC2)s1. The summed E-state index contributed by atoms with van der Waals surface area (Å²) in [5.41, 5.74) is 0. The van der Waals surface area contributed by atoms with Crippen molar-refractivity contribution in [1.29, 1.82) is 0 Å². The predicted molar refractivity (Wildman–Crippen MR) is 61.5 cm³/mol.